The molecular weight excluding hydrogens is 292 g/mol. The van der Waals surface area contributed by atoms with Crippen LogP contribution in [0.5, 0.6) is 0 Å². The molecule has 2 nitrogen and oxygen atoms in total. The van der Waals surface area contributed by atoms with Crippen molar-refractivity contribution in [2.45, 2.75) is 25.3 Å². The quantitative estimate of drug-likeness (QED) is 0.695. The fraction of sp³-hybridized carbons (Fsp3) is 0.474. The van der Waals surface area contributed by atoms with Gasteiger partial charge in [-0.2, -0.15) is 0 Å². The van der Waals surface area contributed by atoms with Crippen LogP contribution in [0.25, 0.3) is 10.9 Å². The summed E-state index contributed by atoms with van der Waals surface area (Å²) in [6.07, 6.45) is 5.70. The first-order chi connectivity index (χ1) is 10.7. The van der Waals surface area contributed by atoms with Crippen molar-refractivity contribution in [1.82, 2.24) is 4.98 Å². The molecule has 114 valence electrons. The Bertz CT molecular complexity index is 790. The summed E-state index contributed by atoms with van der Waals surface area (Å²) in [6, 6.07) is 9.40. The maximum atomic E-state index is 6.41. The van der Waals surface area contributed by atoms with E-state index in [1.54, 1.807) is 5.56 Å². The van der Waals surface area contributed by atoms with Crippen LogP contribution in [0.15, 0.2) is 35.4 Å². The van der Waals surface area contributed by atoms with Crippen LogP contribution in [-0.4, -0.2) is 29.6 Å². The highest BCUT2D eigenvalue weighted by molar-refractivity contribution is 6.29. The van der Waals surface area contributed by atoms with Gasteiger partial charge in [0.15, 0.2) is 0 Å². The predicted octanol–water partition coefficient (Wildman–Crippen LogP) is 4.37. The van der Waals surface area contributed by atoms with Crippen LogP contribution in [0.3, 0.4) is 0 Å². The van der Waals surface area contributed by atoms with Crippen molar-refractivity contribution in [3.63, 3.8) is 0 Å². The molecule has 3 heteroatoms. The molecule has 1 aromatic carbocycles. The molecule has 0 radical (unpaired) electrons. The summed E-state index contributed by atoms with van der Waals surface area (Å²) in [7, 11) is 2.46. The van der Waals surface area contributed by atoms with E-state index >= 15 is 0 Å². The highest BCUT2D eigenvalue weighted by Crippen LogP contribution is 2.54. The summed E-state index contributed by atoms with van der Waals surface area (Å²) in [5.74, 6) is 1.50. The lowest BCUT2D eigenvalue weighted by atomic mass is 9.79. The Hall–Kier alpha value is -1.25. The number of allylic oxidation sites excluding steroid dienone is 2. The molecule has 22 heavy (non-hydrogen) atoms. The lowest BCUT2D eigenvalue weighted by Crippen LogP contribution is -2.48. The van der Waals surface area contributed by atoms with Crippen LogP contribution < -0.4 is 0 Å². The summed E-state index contributed by atoms with van der Waals surface area (Å²) in [5.41, 5.74) is 4.39. The van der Waals surface area contributed by atoms with Crippen molar-refractivity contribution in [3.05, 3.63) is 46.6 Å². The normalized spacial score (nSPS) is 36.6. The highest BCUT2D eigenvalue weighted by Gasteiger charge is 2.55. The largest absolute Gasteiger partial charge is 0.353 e. The number of quaternary nitrogens is 1. The molecule has 0 saturated carbocycles. The number of hydrogen-bond acceptors (Lipinski definition) is 0. The van der Waals surface area contributed by atoms with Gasteiger partial charge in [-0.25, -0.2) is 0 Å². The standard InChI is InChI=1S/C19H22ClN2/c1-22-9-8-15-14-4-2-3-5-17(14)21-18(15)19(22)16-10-13(20)7-6-12(16)11-22/h2-5,7,12,16,19,21H,6,8-11H2,1H3/q+1. The second-order valence-corrected chi connectivity index (χ2v) is 8.14. The van der Waals surface area contributed by atoms with Crippen molar-refractivity contribution in [2.24, 2.45) is 11.8 Å². The molecule has 4 unspecified atom stereocenters. The van der Waals surface area contributed by atoms with Gasteiger partial charge in [0.1, 0.15) is 6.04 Å². The second kappa shape index (κ2) is 4.39. The first-order valence-electron chi connectivity index (χ1n) is 8.44. The average molecular weight is 314 g/mol. The van der Waals surface area contributed by atoms with Crippen LogP contribution in [0.2, 0.25) is 0 Å². The first kappa shape index (κ1) is 13.2. The molecule has 0 bridgehead atoms. The molecule has 2 aliphatic heterocycles. The number of halogens is 1. The van der Waals surface area contributed by atoms with E-state index in [0.717, 1.165) is 17.4 Å². The van der Waals surface area contributed by atoms with Gasteiger partial charge in [0.05, 0.1) is 25.8 Å². The summed E-state index contributed by atoms with van der Waals surface area (Å²) in [6.45, 7) is 2.58. The van der Waals surface area contributed by atoms with E-state index < -0.39 is 0 Å². The van der Waals surface area contributed by atoms with E-state index in [4.69, 9.17) is 11.6 Å². The van der Waals surface area contributed by atoms with Crippen molar-refractivity contribution in [2.75, 3.05) is 20.1 Å². The number of hydrogen-bond donors (Lipinski definition) is 1. The predicted molar refractivity (Wildman–Crippen MR) is 90.8 cm³/mol. The Kier molecular flexibility index (Phi) is 2.64. The highest BCUT2D eigenvalue weighted by atomic mass is 35.5. The Morgan fingerprint density at radius 2 is 2.14 bits per heavy atom. The number of likely N-dealkylation sites (N-methyl/N-ethyl adjacent to an activating group) is 1. The number of nitrogens with one attached hydrogen (secondary N) is 1. The molecular formula is C19H22ClN2+. The number of fused-ring (bicyclic) bond motifs is 7. The lowest BCUT2D eigenvalue weighted by Gasteiger charge is -2.41. The van der Waals surface area contributed by atoms with Gasteiger partial charge in [-0.3, -0.25) is 0 Å². The molecule has 3 aliphatic rings. The molecule has 2 aromatic rings. The first-order valence-corrected chi connectivity index (χ1v) is 8.82. The minimum atomic E-state index is 0.601. The maximum absolute atomic E-state index is 6.41. The minimum Gasteiger partial charge on any atom is -0.353 e. The third kappa shape index (κ3) is 1.65. The zero-order valence-corrected chi connectivity index (χ0v) is 13.7. The summed E-state index contributed by atoms with van der Waals surface area (Å²) in [5, 5.41) is 2.52. The van der Waals surface area contributed by atoms with E-state index in [2.05, 4.69) is 42.4 Å². The molecule has 1 N–H and O–H groups in total. The lowest BCUT2D eigenvalue weighted by molar-refractivity contribution is -0.932. The van der Waals surface area contributed by atoms with Gasteiger partial charge < -0.3 is 9.47 Å². The topological polar surface area (TPSA) is 15.8 Å². The Labute approximate surface area is 136 Å². The van der Waals surface area contributed by atoms with Gasteiger partial charge in [-0.15, -0.1) is 0 Å². The van der Waals surface area contributed by atoms with Crippen LogP contribution >= 0.6 is 11.6 Å². The number of benzene rings is 1. The number of aromatic amines is 1. The molecule has 4 atom stereocenters. The monoisotopic (exact) mass is 313 g/mol. The molecule has 1 aromatic heterocycles. The van der Waals surface area contributed by atoms with Crippen molar-refractivity contribution >= 4 is 22.5 Å². The Morgan fingerprint density at radius 1 is 1.27 bits per heavy atom. The molecule has 0 spiro atoms. The average Bonchev–Trinajstić information content (AvgIpc) is 3.01. The Morgan fingerprint density at radius 3 is 3.05 bits per heavy atom. The van der Waals surface area contributed by atoms with Crippen molar-refractivity contribution in [1.29, 1.82) is 0 Å². The third-order valence-corrected chi connectivity index (χ3v) is 6.73. The van der Waals surface area contributed by atoms with Gasteiger partial charge in [-0.05, 0) is 24.5 Å². The number of aromatic nitrogens is 1. The summed E-state index contributed by atoms with van der Waals surface area (Å²) < 4.78 is 1.20. The van der Waals surface area contributed by atoms with Crippen LogP contribution in [0.1, 0.15) is 30.1 Å². The fourth-order valence-electron chi connectivity index (χ4n) is 5.49. The van der Waals surface area contributed by atoms with Crippen LogP contribution in [0, 0.1) is 11.8 Å². The van der Waals surface area contributed by atoms with E-state index in [9.17, 15) is 0 Å². The third-order valence-electron chi connectivity index (χ3n) is 6.42. The van der Waals surface area contributed by atoms with Crippen molar-refractivity contribution in [3.8, 4) is 0 Å². The zero-order valence-electron chi connectivity index (χ0n) is 13.0. The number of H-pyrrole nitrogens is 1. The van der Waals surface area contributed by atoms with Crippen LogP contribution in [-0.2, 0) is 6.42 Å². The maximum Gasteiger partial charge on any atom is 0.133 e. The minimum absolute atomic E-state index is 0.601. The number of para-hydroxylation sites is 1. The number of nitrogens with zero attached hydrogens (tertiary/aromatic N) is 1. The smallest absolute Gasteiger partial charge is 0.133 e. The second-order valence-electron chi connectivity index (χ2n) is 7.66. The van der Waals surface area contributed by atoms with Gasteiger partial charge in [-0.1, -0.05) is 35.9 Å². The van der Waals surface area contributed by atoms with Gasteiger partial charge in [0, 0.05) is 34.2 Å². The summed E-state index contributed by atoms with van der Waals surface area (Å²) >= 11 is 6.41. The number of rotatable bonds is 0. The molecule has 5 rings (SSSR count). The Balaban J connectivity index is 1.69. The van der Waals surface area contributed by atoms with E-state index in [1.165, 1.54) is 47.0 Å². The van der Waals surface area contributed by atoms with Gasteiger partial charge >= 0.3 is 0 Å². The fourth-order valence-corrected chi connectivity index (χ4v) is 5.75. The molecule has 1 aliphatic carbocycles. The SMILES string of the molecule is C[N+]12CCc3c([nH]c4ccccc34)C1C1CC(Cl)=CCC1C2. The van der Waals surface area contributed by atoms with Gasteiger partial charge in [0.25, 0.3) is 0 Å². The van der Waals surface area contributed by atoms with Gasteiger partial charge in [0.2, 0.25) is 0 Å². The van der Waals surface area contributed by atoms with E-state index in [1.807, 2.05) is 0 Å². The molecule has 0 amide bonds. The van der Waals surface area contributed by atoms with Crippen molar-refractivity contribution < 1.29 is 4.48 Å². The van der Waals surface area contributed by atoms with E-state index in [0.29, 0.717) is 12.0 Å². The molecule has 1 fully saturated rings. The molecule has 3 heterocycles. The summed E-state index contributed by atoms with van der Waals surface area (Å²) in [4.78, 5) is 3.78. The molecule has 1 saturated heterocycles. The zero-order chi connectivity index (χ0) is 14.9. The van der Waals surface area contributed by atoms with Crippen LogP contribution in [0.4, 0.5) is 0 Å². The van der Waals surface area contributed by atoms with E-state index in [-0.39, 0.29) is 0 Å².